The SMILES string of the molecule is CC(C)(C)OC(=O)N[C@@H](Cc1cc(OCCOC2CCCCO2)c(B(O)O)cc1F)C(=O)O. The number of nitrogens with one attached hydrogen (secondary N) is 1. The number of carbonyl (C=O) groups excluding carboxylic acids is 1. The Morgan fingerprint density at radius 2 is 2.00 bits per heavy atom. The van der Waals surface area contributed by atoms with Crippen LogP contribution in [0.25, 0.3) is 0 Å². The van der Waals surface area contributed by atoms with E-state index in [0.29, 0.717) is 6.61 Å². The van der Waals surface area contributed by atoms with E-state index in [9.17, 15) is 29.1 Å². The van der Waals surface area contributed by atoms with Gasteiger partial charge in [0.25, 0.3) is 0 Å². The highest BCUT2D eigenvalue weighted by Crippen LogP contribution is 2.19. The molecular weight excluding hydrogens is 440 g/mol. The van der Waals surface area contributed by atoms with Gasteiger partial charge in [0.2, 0.25) is 0 Å². The van der Waals surface area contributed by atoms with Gasteiger partial charge >= 0.3 is 19.2 Å². The quantitative estimate of drug-likeness (QED) is 0.290. The second kappa shape index (κ2) is 12.2. The molecule has 1 aromatic carbocycles. The van der Waals surface area contributed by atoms with E-state index in [2.05, 4.69) is 5.32 Å². The number of benzene rings is 1. The summed E-state index contributed by atoms with van der Waals surface area (Å²) in [5.74, 6) is -2.32. The number of carboxylic acids is 1. The van der Waals surface area contributed by atoms with Crippen molar-refractivity contribution in [1.82, 2.24) is 5.32 Å². The van der Waals surface area contributed by atoms with Crippen molar-refractivity contribution < 1.29 is 48.1 Å². The third kappa shape index (κ3) is 9.16. The molecule has 12 heteroatoms. The van der Waals surface area contributed by atoms with Gasteiger partial charge in [-0.1, -0.05) is 0 Å². The molecule has 2 rings (SSSR count). The second-order valence-corrected chi connectivity index (χ2v) is 8.61. The number of alkyl carbamates (subject to hydrolysis) is 1. The molecule has 2 atom stereocenters. The van der Waals surface area contributed by atoms with Crippen LogP contribution in [0.5, 0.6) is 5.75 Å². The minimum Gasteiger partial charge on any atom is -0.492 e. The van der Waals surface area contributed by atoms with Gasteiger partial charge in [-0.15, -0.1) is 0 Å². The zero-order chi connectivity index (χ0) is 24.6. The average molecular weight is 471 g/mol. The first-order valence-electron chi connectivity index (χ1n) is 10.7. The van der Waals surface area contributed by atoms with Crippen LogP contribution >= 0.6 is 0 Å². The molecule has 0 saturated carbocycles. The lowest BCUT2D eigenvalue weighted by Gasteiger charge is -2.23. The number of carboxylic acid groups (broad SMARTS) is 1. The number of aliphatic carboxylic acids is 1. The van der Waals surface area contributed by atoms with Crippen LogP contribution in [0.4, 0.5) is 9.18 Å². The molecule has 184 valence electrons. The van der Waals surface area contributed by atoms with E-state index in [4.69, 9.17) is 18.9 Å². The van der Waals surface area contributed by atoms with E-state index in [1.54, 1.807) is 20.8 Å². The monoisotopic (exact) mass is 471 g/mol. The Hall–Kier alpha value is -2.41. The summed E-state index contributed by atoms with van der Waals surface area (Å²) in [5.41, 5.74) is -1.17. The van der Waals surface area contributed by atoms with Gasteiger partial charge < -0.3 is 39.4 Å². The third-order valence-corrected chi connectivity index (χ3v) is 4.65. The van der Waals surface area contributed by atoms with Gasteiger partial charge in [-0.3, -0.25) is 0 Å². The number of amides is 1. The van der Waals surface area contributed by atoms with E-state index in [1.807, 2.05) is 0 Å². The number of ether oxygens (including phenoxy) is 4. The van der Waals surface area contributed by atoms with Crippen LogP contribution in [0.2, 0.25) is 0 Å². The fraction of sp³-hybridized carbons (Fsp3) is 0.619. The fourth-order valence-electron chi connectivity index (χ4n) is 3.14. The van der Waals surface area contributed by atoms with Crippen molar-refractivity contribution >= 4 is 24.6 Å². The fourth-order valence-corrected chi connectivity index (χ4v) is 3.14. The van der Waals surface area contributed by atoms with E-state index >= 15 is 0 Å². The van der Waals surface area contributed by atoms with Crippen molar-refractivity contribution in [3.8, 4) is 5.75 Å². The van der Waals surface area contributed by atoms with E-state index in [-0.39, 0.29) is 36.3 Å². The Kier molecular flexibility index (Phi) is 9.90. The zero-order valence-corrected chi connectivity index (χ0v) is 19.0. The predicted octanol–water partition coefficient (Wildman–Crippen LogP) is 0.948. The number of halogens is 1. The van der Waals surface area contributed by atoms with Crippen molar-refractivity contribution in [2.75, 3.05) is 19.8 Å². The highest BCUT2D eigenvalue weighted by atomic mass is 19.1. The Balaban J connectivity index is 2.08. The van der Waals surface area contributed by atoms with Crippen molar-refractivity contribution in [1.29, 1.82) is 0 Å². The van der Waals surface area contributed by atoms with E-state index < -0.39 is 43.1 Å². The van der Waals surface area contributed by atoms with Gasteiger partial charge in [-0.05, 0) is 57.7 Å². The Labute approximate surface area is 192 Å². The molecule has 0 aromatic heterocycles. The number of carbonyl (C=O) groups is 2. The van der Waals surface area contributed by atoms with Gasteiger partial charge in [0.05, 0.1) is 6.61 Å². The highest BCUT2D eigenvalue weighted by Gasteiger charge is 2.27. The normalized spacial score (nSPS) is 17.2. The summed E-state index contributed by atoms with van der Waals surface area (Å²) in [5, 5.41) is 30.8. The summed E-state index contributed by atoms with van der Waals surface area (Å²) in [4.78, 5) is 23.6. The molecule has 4 N–H and O–H groups in total. The lowest BCUT2D eigenvalue weighted by atomic mass is 9.78. The summed E-state index contributed by atoms with van der Waals surface area (Å²) >= 11 is 0. The lowest BCUT2D eigenvalue weighted by molar-refractivity contribution is -0.165. The van der Waals surface area contributed by atoms with E-state index in [1.165, 1.54) is 6.07 Å². The molecule has 0 aliphatic carbocycles. The maximum Gasteiger partial charge on any atom is 0.492 e. The second-order valence-electron chi connectivity index (χ2n) is 8.61. The summed E-state index contributed by atoms with van der Waals surface area (Å²) in [6, 6.07) is 0.541. The largest absolute Gasteiger partial charge is 0.492 e. The number of hydrogen-bond donors (Lipinski definition) is 4. The minimum absolute atomic E-state index is 0.0170. The number of rotatable bonds is 10. The molecule has 1 saturated heterocycles. The Bertz CT molecular complexity index is 810. The maximum absolute atomic E-state index is 14.6. The Morgan fingerprint density at radius 1 is 1.27 bits per heavy atom. The van der Waals surface area contributed by atoms with Crippen LogP contribution in [-0.4, -0.2) is 72.1 Å². The highest BCUT2D eigenvalue weighted by molar-refractivity contribution is 6.59. The van der Waals surface area contributed by atoms with E-state index in [0.717, 1.165) is 25.3 Å². The smallest absolute Gasteiger partial charge is 0.492 e. The average Bonchev–Trinajstić information content (AvgIpc) is 2.71. The van der Waals surface area contributed by atoms with Gasteiger partial charge in [-0.2, -0.15) is 0 Å². The molecule has 0 radical (unpaired) electrons. The molecule has 1 unspecified atom stereocenters. The van der Waals surface area contributed by atoms with Gasteiger partial charge in [0.1, 0.15) is 29.8 Å². The molecule has 1 aromatic rings. The predicted molar refractivity (Wildman–Crippen MR) is 116 cm³/mol. The van der Waals surface area contributed by atoms with Crippen LogP contribution in [0, 0.1) is 5.82 Å². The summed E-state index contributed by atoms with van der Waals surface area (Å²) in [6.07, 6.45) is 1.02. The summed E-state index contributed by atoms with van der Waals surface area (Å²) in [7, 11) is -2.01. The van der Waals surface area contributed by atoms with Crippen molar-refractivity contribution in [2.24, 2.45) is 0 Å². The summed E-state index contributed by atoms with van der Waals surface area (Å²) < 4.78 is 36.2. The van der Waals surface area contributed by atoms with Crippen LogP contribution in [0.1, 0.15) is 45.6 Å². The molecule has 1 amide bonds. The molecule has 10 nitrogen and oxygen atoms in total. The summed E-state index contributed by atoms with van der Waals surface area (Å²) in [6.45, 7) is 5.65. The van der Waals surface area contributed by atoms with Crippen molar-refractivity contribution in [3.63, 3.8) is 0 Å². The van der Waals surface area contributed by atoms with Crippen LogP contribution in [0.15, 0.2) is 12.1 Å². The lowest BCUT2D eigenvalue weighted by Crippen LogP contribution is -2.45. The first kappa shape index (κ1) is 26.8. The molecule has 33 heavy (non-hydrogen) atoms. The van der Waals surface area contributed by atoms with Crippen molar-refractivity contribution in [3.05, 3.63) is 23.5 Å². The van der Waals surface area contributed by atoms with Gasteiger partial charge in [0, 0.05) is 18.5 Å². The molecule has 1 aliphatic rings. The zero-order valence-electron chi connectivity index (χ0n) is 19.0. The van der Waals surface area contributed by atoms with Crippen LogP contribution in [-0.2, 0) is 25.4 Å². The molecular formula is C21H31BFNO9. The molecule has 1 heterocycles. The van der Waals surface area contributed by atoms with Gasteiger partial charge in [-0.25, -0.2) is 14.0 Å². The molecule has 0 bridgehead atoms. The first-order chi connectivity index (χ1) is 15.5. The maximum atomic E-state index is 14.6. The number of hydrogen-bond acceptors (Lipinski definition) is 8. The topological polar surface area (TPSA) is 144 Å². The molecule has 0 spiro atoms. The van der Waals surface area contributed by atoms with Crippen LogP contribution < -0.4 is 15.5 Å². The Morgan fingerprint density at radius 3 is 2.58 bits per heavy atom. The minimum atomic E-state index is -2.01. The third-order valence-electron chi connectivity index (χ3n) is 4.65. The first-order valence-corrected chi connectivity index (χ1v) is 10.7. The molecule has 1 fully saturated rings. The van der Waals surface area contributed by atoms with Gasteiger partial charge in [0.15, 0.2) is 6.29 Å². The molecule has 1 aliphatic heterocycles. The van der Waals surface area contributed by atoms with Crippen LogP contribution in [0.3, 0.4) is 0 Å². The van der Waals surface area contributed by atoms with Crippen molar-refractivity contribution in [2.45, 2.75) is 64.4 Å². The standard InChI is InChI=1S/C21H31BFNO9/c1-21(2,3)33-20(27)24-16(19(25)26)10-13-11-17(14(22(28)29)12-15(13)23)30-8-9-32-18-6-4-5-7-31-18/h11-12,16,18,28-29H,4-10H2,1-3H3,(H,24,27)(H,25,26)/t16-,18?/m0/s1.